The maximum absolute atomic E-state index is 12.7. The third kappa shape index (κ3) is 3.45. The van der Waals surface area contributed by atoms with E-state index in [1.807, 2.05) is 0 Å². The number of sulfonamides is 1. The van der Waals surface area contributed by atoms with Gasteiger partial charge in [-0.3, -0.25) is 4.98 Å². The van der Waals surface area contributed by atoms with E-state index in [9.17, 15) is 8.42 Å². The predicted molar refractivity (Wildman–Crippen MR) is 80.5 cm³/mol. The zero-order chi connectivity index (χ0) is 15.5. The summed E-state index contributed by atoms with van der Waals surface area (Å²) < 4.78 is 32.2. The molecule has 0 fully saturated rings. The summed E-state index contributed by atoms with van der Waals surface area (Å²) >= 11 is 5.70. The molecule has 0 N–H and O–H groups in total. The van der Waals surface area contributed by atoms with E-state index in [1.165, 1.54) is 10.4 Å². The molecule has 114 valence electrons. The first-order chi connectivity index (χ1) is 9.98. The van der Waals surface area contributed by atoms with E-state index < -0.39 is 10.0 Å². The Bertz CT molecular complexity index is 698. The number of pyridine rings is 1. The number of aryl methyl sites for hydroxylation is 1. The summed E-state index contributed by atoms with van der Waals surface area (Å²) in [6, 6.07) is 5.09. The van der Waals surface area contributed by atoms with Crippen LogP contribution in [0.4, 0.5) is 0 Å². The number of nitrogens with zero attached hydrogens (tertiary/aromatic N) is 2. The smallest absolute Gasteiger partial charge is 0.246 e. The van der Waals surface area contributed by atoms with Gasteiger partial charge in [-0.25, -0.2) is 8.42 Å². The van der Waals surface area contributed by atoms with Crippen molar-refractivity contribution in [3.05, 3.63) is 47.7 Å². The Morgan fingerprint density at radius 2 is 2.00 bits per heavy atom. The Kier molecular flexibility index (Phi) is 5.03. The lowest BCUT2D eigenvalue weighted by molar-refractivity contribution is 0.420. The summed E-state index contributed by atoms with van der Waals surface area (Å²) in [4.78, 5) is 4.10. The molecule has 0 bridgehead atoms. The molecule has 0 spiro atoms. The topological polar surface area (TPSA) is 63.4 Å². The summed E-state index contributed by atoms with van der Waals surface area (Å²) in [5.41, 5.74) is 0.883. The molecule has 0 saturated carbocycles. The molecular formula is C14H17ClN2O3S. The van der Waals surface area contributed by atoms with Crippen molar-refractivity contribution in [1.29, 1.82) is 0 Å². The van der Waals surface area contributed by atoms with Crippen LogP contribution in [-0.2, 0) is 22.4 Å². The van der Waals surface area contributed by atoms with Gasteiger partial charge in [-0.2, -0.15) is 4.31 Å². The van der Waals surface area contributed by atoms with Gasteiger partial charge in [0.2, 0.25) is 10.0 Å². The van der Waals surface area contributed by atoms with E-state index in [1.54, 1.807) is 38.4 Å². The molecule has 0 aliphatic carbocycles. The maximum Gasteiger partial charge on any atom is 0.246 e. The van der Waals surface area contributed by atoms with Crippen molar-refractivity contribution in [2.75, 3.05) is 6.54 Å². The number of alkyl halides is 1. The van der Waals surface area contributed by atoms with E-state index in [4.69, 9.17) is 16.0 Å². The van der Waals surface area contributed by atoms with E-state index in [-0.39, 0.29) is 10.8 Å². The molecule has 0 atom stereocenters. The second kappa shape index (κ2) is 6.60. The van der Waals surface area contributed by atoms with Crippen LogP contribution in [0.2, 0.25) is 0 Å². The minimum Gasteiger partial charge on any atom is -0.464 e. The fourth-order valence-electron chi connectivity index (χ4n) is 2.04. The average molecular weight is 329 g/mol. The highest BCUT2D eigenvalue weighted by atomic mass is 35.5. The number of aromatic nitrogens is 1. The molecule has 2 rings (SSSR count). The van der Waals surface area contributed by atoms with E-state index in [0.717, 1.165) is 5.56 Å². The van der Waals surface area contributed by atoms with Gasteiger partial charge in [0, 0.05) is 31.5 Å². The lowest BCUT2D eigenvalue weighted by atomic mass is 10.3. The van der Waals surface area contributed by atoms with Crippen LogP contribution < -0.4 is 0 Å². The molecule has 7 heteroatoms. The molecule has 0 radical (unpaired) electrons. The number of hydrogen-bond acceptors (Lipinski definition) is 4. The summed E-state index contributed by atoms with van der Waals surface area (Å²) in [7, 11) is -3.61. The van der Waals surface area contributed by atoms with Crippen LogP contribution in [0.15, 0.2) is 39.9 Å². The van der Waals surface area contributed by atoms with Crippen molar-refractivity contribution < 1.29 is 12.8 Å². The second-order valence-corrected chi connectivity index (χ2v) is 6.73. The van der Waals surface area contributed by atoms with Gasteiger partial charge in [-0.15, -0.1) is 11.6 Å². The zero-order valence-corrected chi connectivity index (χ0v) is 13.5. The van der Waals surface area contributed by atoms with Gasteiger partial charge in [0.25, 0.3) is 0 Å². The lowest BCUT2D eigenvalue weighted by Gasteiger charge is -2.20. The Balaban J connectivity index is 2.33. The largest absolute Gasteiger partial charge is 0.464 e. The van der Waals surface area contributed by atoms with Crippen molar-refractivity contribution in [3.8, 4) is 0 Å². The van der Waals surface area contributed by atoms with Crippen molar-refractivity contribution in [1.82, 2.24) is 9.29 Å². The molecule has 2 aromatic rings. The minimum atomic E-state index is -3.61. The first kappa shape index (κ1) is 16.0. The van der Waals surface area contributed by atoms with Gasteiger partial charge in [-0.05, 0) is 24.6 Å². The Labute approximate surface area is 129 Å². The van der Waals surface area contributed by atoms with Gasteiger partial charge in [0.05, 0.1) is 5.88 Å². The first-order valence-electron chi connectivity index (χ1n) is 6.53. The van der Waals surface area contributed by atoms with Gasteiger partial charge in [0.1, 0.15) is 16.4 Å². The molecule has 0 saturated heterocycles. The Morgan fingerprint density at radius 1 is 1.33 bits per heavy atom. The highest BCUT2D eigenvalue weighted by Gasteiger charge is 2.27. The SMILES string of the molecule is CCN(Cc1ccncc1)S(=O)(=O)c1cc(CCl)oc1C. The molecule has 0 aliphatic rings. The van der Waals surface area contributed by atoms with Crippen LogP contribution in [0, 0.1) is 6.92 Å². The fraction of sp³-hybridized carbons (Fsp3) is 0.357. The standard InChI is InChI=1S/C14H17ClN2O3S/c1-3-17(10-12-4-6-16-7-5-12)21(18,19)14-8-13(9-15)20-11(14)2/h4-8H,3,9-10H2,1-2H3. The predicted octanol–water partition coefficient (Wildman–Crippen LogP) is 2.93. The Morgan fingerprint density at radius 3 is 2.52 bits per heavy atom. The van der Waals surface area contributed by atoms with Crippen LogP contribution in [0.1, 0.15) is 24.0 Å². The number of halogens is 1. The van der Waals surface area contributed by atoms with Crippen LogP contribution in [0.25, 0.3) is 0 Å². The number of rotatable bonds is 6. The highest BCUT2D eigenvalue weighted by molar-refractivity contribution is 7.89. The molecule has 2 aromatic heterocycles. The van der Waals surface area contributed by atoms with E-state index in [0.29, 0.717) is 24.6 Å². The van der Waals surface area contributed by atoms with Crippen molar-refractivity contribution in [2.45, 2.75) is 31.2 Å². The Hall–Kier alpha value is -1.37. The molecule has 21 heavy (non-hydrogen) atoms. The average Bonchev–Trinajstić information content (AvgIpc) is 2.87. The molecule has 0 unspecified atom stereocenters. The maximum atomic E-state index is 12.7. The minimum absolute atomic E-state index is 0.146. The third-order valence-electron chi connectivity index (χ3n) is 3.13. The molecule has 5 nitrogen and oxygen atoms in total. The molecule has 2 heterocycles. The summed E-state index contributed by atoms with van der Waals surface area (Å²) in [5.74, 6) is 0.957. The quantitative estimate of drug-likeness (QED) is 0.765. The van der Waals surface area contributed by atoms with Crippen LogP contribution in [-0.4, -0.2) is 24.3 Å². The van der Waals surface area contributed by atoms with Crippen molar-refractivity contribution in [2.24, 2.45) is 0 Å². The zero-order valence-electron chi connectivity index (χ0n) is 11.9. The normalized spacial score (nSPS) is 12.0. The van der Waals surface area contributed by atoms with E-state index >= 15 is 0 Å². The van der Waals surface area contributed by atoms with Crippen LogP contribution in [0.5, 0.6) is 0 Å². The van der Waals surface area contributed by atoms with Crippen molar-refractivity contribution >= 4 is 21.6 Å². The molecular weight excluding hydrogens is 312 g/mol. The first-order valence-corrected chi connectivity index (χ1v) is 8.50. The molecule has 0 aliphatic heterocycles. The van der Waals surface area contributed by atoms with Crippen LogP contribution >= 0.6 is 11.6 Å². The molecule has 0 amide bonds. The third-order valence-corrected chi connectivity index (χ3v) is 5.43. The van der Waals surface area contributed by atoms with E-state index in [2.05, 4.69) is 4.98 Å². The summed E-state index contributed by atoms with van der Waals surface area (Å²) in [6.07, 6.45) is 3.29. The van der Waals surface area contributed by atoms with Crippen LogP contribution in [0.3, 0.4) is 0 Å². The van der Waals surface area contributed by atoms with Gasteiger partial charge >= 0.3 is 0 Å². The number of hydrogen-bond donors (Lipinski definition) is 0. The molecule has 0 aromatic carbocycles. The fourth-order valence-corrected chi connectivity index (χ4v) is 3.80. The highest BCUT2D eigenvalue weighted by Crippen LogP contribution is 2.25. The lowest BCUT2D eigenvalue weighted by Crippen LogP contribution is -2.30. The summed E-state index contributed by atoms with van der Waals surface area (Å²) in [5, 5.41) is 0. The van der Waals surface area contributed by atoms with Gasteiger partial charge in [-0.1, -0.05) is 6.92 Å². The van der Waals surface area contributed by atoms with Crippen molar-refractivity contribution in [3.63, 3.8) is 0 Å². The number of furan rings is 1. The van der Waals surface area contributed by atoms with Gasteiger partial charge < -0.3 is 4.42 Å². The summed E-state index contributed by atoms with van der Waals surface area (Å²) in [6.45, 7) is 4.09. The monoisotopic (exact) mass is 328 g/mol. The second-order valence-electron chi connectivity index (χ2n) is 4.55. The van der Waals surface area contributed by atoms with Gasteiger partial charge in [0.15, 0.2) is 0 Å².